The summed E-state index contributed by atoms with van der Waals surface area (Å²) in [6.07, 6.45) is -12.1. The Balaban J connectivity index is 2.47. The van der Waals surface area contributed by atoms with Gasteiger partial charge in [-0.1, -0.05) is 0 Å². The number of aliphatic hydroxyl groups is 5. The van der Waals surface area contributed by atoms with E-state index in [0.717, 1.165) is 0 Å². The normalized spacial score (nSPS) is 42.4. The molecular weight excluding hydrogens is 459 g/mol. The van der Waals surface area contributed by atoms with Gasteiger partial charge in [0.1, 0.15) is 48.2 Å². The molecule has 0 bridgehead atoms. The highest BCUT2D eigenvalue weighted by atomic mass is 31.2. The fourth-order valence-electron chi connectivity index (χ4n) is 3.62. The number of aliphatic imine (C=N–C) groups is 2. The Morgan fingerprint density at radius 2 is 1.53 bits per heavy atom. The maximum atomic E-state index is 11.4. The molecule has 18 heteroatoms. The van der Waals surface area contributed by atoms with E-state index in [-0.39, 0.29) is 0 Å². The molecule has 186 valence electrons. The molecule has 1 aliphatic carbocycles. The lowest BCUT2D eigenvalue weighted by Crippen LogP contribution is -2.65. The summed E-state index contributed by atoms with van der Waals surface area (Å²) in [4.78, 5) is 25.9. The van der Waals surface area contributed by atoms with Gasteiger partial charge in [0.25, 0.3) is 0 Å². The summed E-state index contributed by atoms with van der Waals surface area (Å²) in [6.45, 7) is 0.426. The zero-order valence-electron chi connectivity index (χ0n) is 16.8. The van der Waals surface area contributed by atoms with E-state index in [1.165, 1.54) is 6.92 Å². The first kappa shape index (κ1) is 26.6. The van der Waals surface area contributed by atoms with Crippen molar-refractivity contribution in [3.05, 3.63) is 0 Å². The van der Waals surface area contributed by atoms with Gasteiger partial charge in [-0.05, 0) is 6.92 Å². The van der Waals surface area contributed by atoms with Crippen molar-refractivity contribution in [1.29, 1.82) is 0 Å². The van der Waals surface area contributed by atoms with Crippen LogP contribution in [0.2, 0.25) is 0 Å². The molecule has 0 amide bonds. The molecule has 0 aromatic rings. The van der Waals surface area contributed by atoms with Crippen molar-refractivity contribution in [2.24, 2.45) is 32.9 Å². The Labute approximate surface area is 181 Å². The van der Waals surface area contributed by atoms with Gasteiger partial charge < -0.3 is 67.7 Å². The standard InChI is InChI=1S/C14H29N6O11P/c1-3-14(25,2-21)10(24)11(29-3)30-8-4(19-12(15)16)6(22)5(20-13(17)18)9(7(8)23)31-32(26,27)28/h3-11,21-25H,2H2,1H3,(H4,15,16,19)(H4,17,18,20)(H2,26,27,28). The number of nitrogens with two attached hydrogens (primary N) is 4. The lowest BCUT2D eigenvalue weighted by atomic mass is 9.81. The first-order chi connectivity index (χ1) is 14.6. The SMILES string of the molecule is CC1OC(OC2C(O)C(OP(=O)(O)O)C(N=C(N)N)C(O)C2N=C(N)N)C(O)C1(O)CO. The Hall–Kier alpha value is -1.63. The molecule has 2 rings (SSSR count). The van der Waals surface area contributed by atoms with Crippen LogP contribution in [0.3, 0.4) is 0 Å². The maximum absolute atomic E-state index is 11.4. The number of ether oxygens (including phenoxy) is 2. The maximum Gasteiger partial charge on any atom is 0.470 e. The van der Waals surface area contributed by atoms with Crippen LogP contribution in [0.4, 0.5) is 0 Å². The highest BCUT2D eigenvalue weighted by molar-refractivity contribution is 7.46. The number of rotatable bonds is 7. The summed E-state index contributed by atoms with van der Waals surface area (Å²) >= 11 is 0. The van der Waals surface area contributed by atoms with Crippen molar-refractivity contribution in [2.75, 3.05) is 6.61 Å². The van der Waals surface area contributed by atoms with Gasteiger partial charge in [0.2, 0.25) is 0 Å². The molecule has 0 aromatic carbocycles. The van der Waals surface area contributed by atoms with Crippen molar-refractivity contribution in [3.63, 3.8) is 0 Å². The van der Waals surface area contributed by atoms with E-state index in [2.05, 4.69) is 14.5 Å². The molecule has 2 aliphatic rings. The number of hydrogen-bond acceptors (Lipinski definition) is 11. The van der Waals surface area contributed by atoms with Crippen LogP contribution in [-0.2, 0) is 18.6 Å². The highest BCUT2D eigenvalue weighted by Crippen LogP contribution is 2.43. The van der Waals surface area contributed by atoms with Crippen LogP contribution >= 0.6 is 7.82 Å². The highest BCUT2D eigenvalue weighted by Gasteiger charge is 2.58. The van der Waals surface area contributed by atoms with Crippen LogP contribution in [0.1, 0.15) is 6.92 Å². The van der Waals surface area contributed by atoms with Gasteiger partial charge in [-0.15, -0.1) is 0 Å². The number of phosphoric ester groups is 1. The molecule has 10 unspecified atom stereocenters. The summed E-state index contributed by atoms with van der Waals surface area (Å²) in [5.41, 5.74) is 19.3. The average Bonchev–Trinajstić information content (AvgIpc) is 2.88. The molecule has 0 spiro atoms. The van der Waals surface area contributed by atoms with Crippen LogP contribution in [0.15, 0.2) is 9.98 Å². The predicted molar refractivity (Wildman–Crippen MR) is 105 cm³/mol. The first-order valence-corrected chi connectivity index (χ1v) is 10.7. The number of phosphoric acid groups is 1. The third kappa shape index (κ3) is 5.46. The fraction of sp³-hybridized carbons (Fsp3) is 0.857. The zero-order valence-corrected chi connectivity index (χ0v) is 17.7. The molecule has 0 aromatic heterocycles. The van der Waals surface area contributed by atoms with Gasteiger partial charge in [-0.2, -0.15) is 0 Å². The topological polar surface area (TPSA) is 315 Å². The summed E-state index contributed by atoms with van der Waals surface area (Å²) in [5, 5.41) is 51.7. The summed E-state index contributed by atoms with van der Waals surface area (Å²) in [7, 11) is -5.25. The quantitative estimate of drug-likeness (QED) is 0.0901. The Morgan fingerprint density at radius 1 is 1.03 bits per heavy atom. The molecule has 10 atom stereocenters. The minimum Gasteiger partial charge on any atom is -0.393 e. The number of aliphatic hydroxyl groups excluding tert-OH is 4. The number of guanidine groups is 2. The van der Waals surface area contributed by atoms with Crippen LogP contribution in [0.25, 0.3) is 0 Å². The van der Waals surface area contributed by atoms with E-state index in [1.54, 1.807) is 0 Å². The zero-order chi connectivity index (χ0) is 24.6. The fourth-order valence-corrected chi connectivity index (χ4v) is 4.19. The van der Waals surface area contributed by atoms with E-state index in [4.69, 9.17) is 32.4 Å². The number of hydrogen-bond donors (Lipinski definition) is 11. The van der Waals surface area contributed by atoms with Gasteiger partial charge in [-0.25, -0.2) is 14.5 Å². The third-order valence-corrected chi connectivity index (χ3v) is 5.78. The minimum atomic E-state index is -5.25. The first-order valence-electron chi connectivity index (χ1n) is 9.22. The lowest BCUT2D eigenvalue weighted by Gasteiger charge is -2.45. The second-order valence-corrected chi connectivity index (χ2v) is 8.66. The van der Waals surface area contributed by atoms with Gasteiger partial charge in [0.15, 0.2) is 18.2 Å². The van der Waals surface area contributed by atoms with Gasteiger partial charge in [0.05, 0.1) is 12.7 Å². The summed E-state index contributed by atoms with van der Waals surface area (Å²) < 4.78 is 26.8. The smallest absolute Gasteiger partial charge is 0.393 e. The monoisotopic (exact) mass is 488 g/mol. The molecule has 15 N–H and O–H groups in total. The largest absolute Gasteiger partial charge is 0.470 e. The molecular formula is C14H29N6O11P. The molecule has 1 saturated carbocycles. The predicted octanol–water partition coefficient (Wildman–Crippen LogP) is -6.30. The van der Waals surface area contributed by atoms with Crippen molar-refractivity contribution in [1.82, 2.24) is 0 Å². The Kier molecular flexibility index (Phi) is 8.07. The van der Waals surface area contributed by atoms with Crippen LogP contribution in [-0.4, -0.2) is 114 Å². The van der Waals surface area contributed by atoms with Crippen LogP contribution < -0.4 is 22.9 Å². The Morgan fingerprint density at radius 3 is 1.94 bits per heavy atom. The average molecular weight is 488 g/mol. The molecule has 0 radical (unpaired) electrons. The molecule has 17 nitrogen and oxygen atoms in total. The molecule has 1 heterocycles. The van der Waals surface area contributed by atoms with E-state index in [1.807, 2.05) is 0 Å². The van der Waals surface area contributed by atoms with Gasteiger partial charge in [-0.3, -0.25) is 4.52 Å². The minimum absolute atomic E-state index is 0.569. The van der Waals surface area contributed by atoms with Crippen LogP contribution in [0, 0.1) is 0 Å². The van der Waals surface area contributed by atoms with E-state index < -0.39 is 86.9 Å². The summed E-state index contributed by atoms with van der Waals surface area (Å²) in [5.74, 6) is -1.18. The van der Waals surface area contributed by atoms with Crippen molar-refractivity contribution in [2.45, 2.75) is 67.5 Å². The third-order valence-electron chi connectivity index (χ3n) is 5.26. The second kappa shape index (κ2) is 9.70. The molecule has 32 heavy (non-hydrogen) atoms. The van der Waals surface area contributed by atoms with E-state index >= 15 is 0 Å². The van der Waals surface area contributed by atoms with Crippen molar-refractivity contribution < 1.29 is 53.9 Å². The Bertz CT molecular complexity index is 774. The molecule has 1 saturated heterocycles. The second-order valence-electron chi connectivity index (χ2n) is 7.47. The summed E-state index contributed by atoms with van der Waals surface area (Å²) in [6, 6.07) is -3.20. The van der Waals surface area contributed by atoms with Gasteiger partial charge in [0, 0.05) is 0 Å². The van der Waals surface area contributed by atoms with Crippen molar-refractivity contribution in [3.8, 4) is 0 Å². The van der Waals surface area contributed by atoms with Gasteiger partial charge >= 0.3 is 7.82 Å². The molecule has 1 aliphatic heterocycles. The van der Waals surface area contributed by atoms with E-state index in [9.17, 15) is 39.9 Å². The van der Waals surface area contributed by atoms with E-state index in [0.29, 0.717) is 0 Å². The van der Waals surface area contributed by atoms with Crippen molar-refractivity contribution >= 4 is 19.7 Å². The lowest BCUT2D eigenvalue weighted by molar-refractivity contribution is -0.240. The molecule has 2 fully saturated rings. The number of nitrogens with zero attached hydrogens (tertiary/aromatic N) is 2. The van der Waals surface area contributed by atoms with Crippen LogP contribution in [0.5, 0.6) is 0 Å².